The molecule has 0 spiro atoms. The van der Waals surface area contributed by atoms with E-state index in [4.69, 9.17) is 13.9 Å². The first-order chi connectivity index (χ1) is 10.7. The molecular formula is C17H13IO4. The Bertz CT molecular complexity index is 870. The smallest absolute Gasteiger partial charge is 0.336 e. The Kier molecular flexibility index (Phi) is 4.33. The van der Waals surface area contributed by atoms with Crippen molar-refractivity contribution in [3.63, 3.8) is 0 Å². The van der Waals surface area contributed by atoms with Gasteiger partial charge in [0, 0.05) is 20.6 Å². The molecule has 3 rings (SSSR count). The molecule has 112 valence electrons. The van der Waals surface area contributed by atoms with Crippen LogP contribution in [-0.2, 0) is 6.61 Å². The molecule has 0 aliphatic rings. The molecule has 0 aliphatic carbocycles. The second-order valence-corrected chi connectivity index (χ2v) is 5.94. The molecular weight excluding hydrogens is 395 g/mol. The molecule has 0 unspecified atom stereocenters. The van der Waals surface area contributed by atoms with Gasteiger partial charge in [-0.25, -0.2) is 4.79 Å². The molecule has 1 aromatic heterocycles. The Hall–Kier alpha value is -2.02. The maximum absolute atomic E-state index is 11.7. The Balaban J connectivity index is 1.96. The highest BCUT2D eigenvalue weighted by Crippen LogP contribution is 2.24. The topological polar surface area (TPSA) is 48.7 Å². The summed E-state index contributed by atoms with van der Waals surface area (Å²) in [6, 6.07) is 14.5. The molecule has 0 saturated carbocycles. The van der Waals surface area contributed by atoms with Crippen LogP contribution in [0.3, 0.4) is 0 Å². The van der Waals surface area contributed by atoms with Gasteiger partial charge in [0.25, 0.3) is 0 Å². The van der Waals surface area contributed by atoms with Crippen LogP contribution in [-0.4, -0.2) is 7.11 Å². The van der Waals surface area contributed by atoms with E-state index in [1.165, 1.54) is 6.07 Å². The van der Waals surface area contributed by atoms with Crippen LogP contribution in [0.25, 0.3) is 11.0 Å². The zero-order chi connectivity index (χ0) is 15.5. The SMILES string of the molecule is COc1ccc2oc(=O)cc(COc3cccc(I)c3)c2c1. The summed E-state index contributed by atoms with van der Waals surface area (Å²) in [7, 11) is 1.60. The van der Waals surface area contributed by atoms with E-state index in [0.717, 1.165) is 20.3 Å². The normalized spacial score (nSPS) is 10.6. The summed E-state index contributed by atoms with van der Waals surface area (Å²) >= 11 is 2.23. The number of halogens is 1. The Morgan fingerprint density at radius 2 is 1.95 bits per heavy atom. The van der Waals surface area contributed by atoms with E-state index in [9.17, 15) is 4.79 Å². The van der Waals surface area contributed by atoms with Crippen LogP contribution in [0.1, 0.15) is 5.56 Å². The van der Waals surface area contributed by atoms with Crippen LogP contribution in [0.4, 0.5) is 0 Å². The van der Waals surface area contributed by atoms with Crippen molar-refractivity contribution in [2.75, 3.05) is 7.11 Å². The summed E-state index contributed by atoms with van der Waals surface area (Å²) in [5.41, 5.74) is 0.900. The third-order valence-electron chi connectivity index (χ3n) is 3.23. The van der Waals surface area contributed by atoms with Gasteiger partial charge < -0.3 is 13.9 Å². The summed E-state index contributed by atoms with van der Waals surface area (Å²) in [4.78, 5) is 11.7. The average molecular weight is 408 g/mol. The number of hydrogen-bond acceptors (Lipinski definition) is 4. The fraction of sp³-hybridized carbons (Fsp3) is 0.118. The highest BCUT2D eigenvalue weighted by Gasteiger charge is 2.08. The first-order valence-corrected chi connectivity index (χ1v) is 7.73. The lowest BCUT2D eigenvalue weighted by Crippen LogP contribution is -2.04. The van der Waals surface area contributed by atoms with Crippen LogP contribution in [0.2, 0.25) is 0 Å². The number of benzene rings is 2. The number of hydrogen-bond donors (Lipinski definition) is 0. The van der Waals surface area contributed by atoms with Gasteiger partial charge in [0.1, 0.15) is 23.7 Å². The molecule has 0 radical (unpaired) electrons. The van der Waals surface area contributed by atoms with Crippen LogP contribution < -0.4 is 15.1 Å². The van der Waals surface area contributed by atoms with E-state index in [1.54, 1.807) is 19.2 Å². The first-order valence-electron chi connectivity index (χ1n) is 6.65. The molecule has 0 amide bonds. The van der Waals surface area contributed by atoms with Gasteiger partial charge in [-0.05, 0) is 59.0 Å². The minimum absolute atomic E-state index is 0.287. The van der Waals surface area contributed by atoms with E-state index in [0.29, 0.717) is 11.3 Å². The molecule has 0 atom stereocenters. The second kappa shape index (κ2) is 6.39. The predicted octanol–water partition coefficient (Wildman–Crippen LogP) is 3.99. The summed E-state index contributed by atoms with van der Waals surface area (Å²) in [5.74, 6) is 1.47. The fourth-order valence-electron chi connectivity index (χ4n) is 2.17. The van der Waals surface area contributed by atoms with Crippen molar-refractivity contribution in [1.82, 2.24) is 0 Å². The lowest BCUT2D eigenvalue weighted by Gasteiger charge is -2.09. The molecule has 5 heteroatoms. The van der Waals surface area contributed by atoms with Crippen molar-refractivity contribution < 1.29 is 13.9 Å². The van der Waals surface area contributed by atoms with Crippen LogP contribution in [0, 0.1) is 3.57 Å². The third kappa shape index (κ3) is 3.24. The molecule has 4 nitrogen and oxygen atoms in total. The van der Waals surface area contributed by atoms with Gasteiger partial charge in [-0.3, -0.25) is 0 Å². The molecule has 0 saturated heterocycles. The van der Waals surface area contributed by atoms with Crippen molar-refractivity contribution in [2.45, 2.75) is 6.61 Å². The monoisotopic (exact) mass is 408 g/mol. The highest BCUT2D eigenvalue weighted by molar-refractivity contribution is 14.1. The minimum Gasteiger partial charge on any atom is -0.497 e. The lowest BCUT2D eigenvalue weighted by atomic mass is 10.1. The Morgan fingerprint density at radius 3 is 2.73 bits per heavy atom. The van der Waals surface area contributed by atoms with Crippen molar-refractivity contribution in [3.8, 4) is 11.5 Å². The average Bonchev–Trinajstić information content (AvgIpc) is 2.52. The van der Waals surface area contributed by atoms with Crippen molar-refractivity contribution in [3.05, 3.63) is 68.1 Å². The lowest BCUT2D eigenvalue weighted by molar-refractivity contribution is 0.306. The van der Waals surface area contributed by atoms with Crippen molar-refractivity contribution in [2.24, 2.45) is 0 Å². The zero-order valence-electron chi connectivity index (χ0n) is 11.8. The molecule has 22 heavy (non-hydrogen) atoms. The Labute approximate surface area is 140 Å². The van der Waals surface area contributed by atoms with Gasteiger partial charge in [0.2, 0.25) is 0 Å². The van der Waals surface area contributed by atoms with Crippen LogP contribution in [0.5, 0.6) is 11.5 Å². The van der Waals surface area contributed by atoms with E-state index in [2.05, 4.69) is 22.6 Å². The third-order valence-corrected chi connectivity index (χ3v) is 3.90. The number of rotatable bonds is 4. The first kappa shape index (κ1) is 14.9. The number of methoxy groups -OCH3 is 1. The van der Waals surface area contributed by atoms with Gasteiger partial charge >= 0.3 is 5.63 Å². The highest BCUT2D eigenvalue weighted by atomic mass is 127. The van der Waals surface area contributed by atoms with Crippen LogP contribution in [0.15, 0.2) is 57.7 Å². The van der Waals surface area contributed by atoms with Gasteiger partial charge in [0.05, 0.1) is 7.11 Å². The maximum atomic E-state index is 11.7. The molecule has 0 aliphatic heterocycles. The van der Waals surface area contributed by atoms with Gasteiger partial charge in [-0.2, -0.15) is 0 Å². The molecule has 0 bridgehead atoms. The number of fused-ring (bicyclic) bond motifs is 1. The maximum Gasteiger partial charge on any atom is 0.336 e. The quantitative estimate of drug-likeness (QED) is 0.484. The van der Waals surface area contributed by atoms with E-state index >= 15 is 0 Å². The fourth-order valence-corrected chi connectivity index (χ4v) is 2.69. The standard InChI is InChI=1S/C17H13IO4/c1-20-13-5-6-16-15(9-13)11(7-17(19)22-16)10-21-14-4-2-3-12(18)8-14/h2-9H,10H2,1H3. The molecule has 0 fully saturated rings. The summed E-state index contributed by atoms with van der Waals surface area (Å²) < 4.78 is 17.3. The zero-order valence-corrected chi connectivity index (χ0v) is 14.0. The van der Waals surface area contributed by atoms with Gasteiger partial charge in [-0.15, -0.1) is 0 Å². The Morgan fingerprint density at radius 1 is 1.09 bits per heavy atom. The van der Waals surface area contributed by atoms with Gasteiger partial charge in [-0.1, -0.05) is 6.07 Å². The van der Waals surface area contributed by atoms with E-state index < -0.39 is 0 Å². The predicted molar refractivity (Wildman–Crippen MR) is 92.5 cm³/mol. The summed E-state index contributed by atoms with van der Waals surface area (Å²) in [5, 5.41) is 0.810. The van der Waals surface area contributed by atoms with Gasteiger partial charge in [0.15, 0.2) is 0 Å². The molecule has 1 heterocycles. The summed E-state index contributed by atoms with van der Waals surface area (Å²) in [6.07, 6.45) is 0. The van der Waals surface area contributed by atoms with Crippen LogP contribution >= 0.6 is 22.6 Å². The molecule has 2 aromatic carbocycles. The van der Waals surface area contributed by atoms with E-state index in [1.807, 2.05) is 30.3 Å². The van der Waals surface area contributed by atoms with E-state index in [-0.39, 0.29) is 12.2 Å². The minimum atomic E-state index is -0.390. The number of ether oxygens (including phenoxy) is 2. The largest absolute Gasteiger partial charge is 0.497 e. The summed E-state index contributed by atoms with van der Waals surface area (Å²) in [6.45, 7) is 0.287. The second-order valence-electron chi connectivity index (χ2n) is 4.70. The molecule has 3 aromatic rings. The van der Waals surface area contributed by atoms with Crippen molar-refractivity contribution in [1.29, 1.82) is 0 Å². The van der Waals surface area contributed by atoms with Crippen molar-refractivity contribution >= 4 is 33.6 Å². The molecule has 0 N–H and O–H groups in total.